The molecule has 0 aromatic heterocycles. The molecule has 9 heteroatoms. The van der Waals surface area contributed by atoms with E-state index in [0.29, 0.717) is 16.7 Å². The smallest absolute Gasteiger partial charge is 0.313 e. The van der Waals surface area contributed by atoms with Gasteiger partial charge in [0.2, 0.25) is 0 Å². The van der Waals surface area contributed by atoms with Gasteiger partial charge in [-0.25, -0.2) is 4.39 Å². The molecule has 1 unspecified atom stereocenters. The number of phenolic OH excluding ortho intramolecular Hbond substituents is 2. The van der Waals surface area contributed by atoms with Gasteiger partial charge in [-0.1, -0.05) is 12.1 Å². The molecular formula is C26H23FO6S2. The van der Waals surface area contributed by atoms with Crippen LogP contribution in [0.3, 0.4) is 0 Å². The number of aromatic hydroxyl groups is 2. The number of aryl methyl sites for hydroxylation is 2. The van der Waals surface area contributed by atoms with Gasteiger partial charge >= 0.3 is 10.1 Å². The molecule has 3 aromatic rings. The van der Waals surface area contributed by atoms with Gasteiger partial charge in [0.15, 0.2) is 0 Å². The highest BCUT2D eigenvalue weighted by Crippen LogP contribution is 2.54. The van der Waals surface area contributed by atoms with Crippen LogP contribution in [0.25, 0.3) is 11.1 Å². The molecule has 4 atom stereocenters. The maximum atomic E-state index is 13.6. The van der Waals surface area contributed by atoms with Crippen LogP contribution in [0.4, 0.5) is 4.39 Å². The number of fused-ring (bicyclic) bond motifs is 2. The Morgan fingerprint density at radius 1 is 0.886 bits per heavy atom. The molecule has 35 heavy (non-hydrogen) atoms. The molecule has 0 amide bonds. The first-order chi connectivity index (χ1) is 16.6. The first kappa shape index (κ1) is 23.6. The minimum atomic E-state index is -4.21. The molecule has 3 aromatic carbocycles. The lowest BCUT2D eigenvalue weighted by atomic mass is 9.81. The summed E-state index contributed by atoms with van der Waals surface area (Å²) in [5.41, 5.74) is 4.42. The van der Waals surface area contributed by atoms with Crippen molar-refractivity contribution in [2.24, 2.45) is 0 Å². The molecule has 2 aliphatic heterocycles. The average molecular weight is 515 g/mol. The van der Waals surface area contributed by atoms with Crippen LogP contribution in [0.15, 0.2) is 60.7 Å². The molecule has 182 valence electrons. The van der Waals surface area contributed by atoms with E-state index >= 15 is 0 Å². The second-order valence-electron chi connectivity index (χ2n) is 8.87. The number of hydrogen-bond acceptors (Lipinski definition) is 6. The Bertz CT molecular complexity index is 1490. The fourth-order valence-corrected chi connectivity index (χ4v) is 9.45. The third-order valence-corrected chi connectivity index (χ3v) is 10.5. The Hall–Kier alpha value is -3.17. The van der Waals surface area contributed by atoms with Crippen LogP contribution in [0.1, 0.15) is 28.7 Å². The highest BCUT2D eigenvalue weighted by molar-refractivity contribution is 7.92. The van der Waals surface area contributed by atoms with E-state index in [0.717, 1.165) is 28.8 Å². The quantitative estimate of drug-likeness (QED) is 0.488. The molecular weight excluding hydrogens is 491 g/mol. The Labute approximate surface area is 205 Å². The molecule has 5 rings (SSSR count). The van der Waals surface area contributed by atoms with Gasteiger partial charge in [0.1, 0.15) is 28.3 Å². The highest BCUT2D eigenvalue weighted by Gasteiger charge is 2.57. The van der Waals surface area contributed by atoms with E-state index in [1.54, 1.807) is 37.3 Å². The molecule has 0 aliphatic carbocycles. The Morgan fingerprint density at radius 3 is 1.97 bits per heavy atom. The number of hydrogen-bond donors (Lipinski definition) is 2. The van der Waals surface area contributed by atoms with Crippen molar-refractivity contribution in [3.8, 4) is 17.2 Å². The molecule has 0 spiro atoms. The molecule has 1 fully saturated rings. The van der Waals surface area contributed by atoms with Crippen molar-refractivity contribution in [3.05, 3.63) is 88.7 Å². The molecule has 2 N–H and O–H groups in total. The first-order valence-corrected chi connectivity index (χ1v) is 13.7. The van der Waals surface area contributed by atoms with E-state index < -0.39 is 42.5 Å². The summed E-state index contributed by atoms with van der Waals surface area (Å²) >= 11 is 0. The summed E-state index contributed by atoms with van der Waals surface area (Å²) < 4.78 is 58.9. The molecule has 2 bridgehead atoms. The van der Waals surface area contributed by atoms with Gasteiger partial charge in [0.25, 0.3) is 0 Å². The van der Waals surface area contributed by atoms with Gasteiger partial charge in [0, 0.05) is 10.8 Å². The monoisotopic (exact) mass is 514 g/mol. The average Bonchev–Trinajstić information content (AvgIpc) is 3.26. The highest BCUT2D eigenvalue weighted by atomic mass is 32.2. The Balaban J connectivity index is 1.66. The predicted octanol–water partition coefficient (Wildman–Crippen LogP) is 4.45. The van der Waals surface area contributed by atoms with E-state index in [9.17, 15) is 27.2 Å². The minimum Gasteiger partial charge on any atom is -0.508 e. The summed E-state index contributed by atoms with van der Waals surface area (Å²) in [4.78, 5) is 0. The van der Waals surface area contributed by atoms with Crippen LogP contribution >= 0.6 is 0 Å². The van der Waals surface area contributed by atoms with Gasteiger partial charge in [-0.3, -0.25) is 4.21 Å². The van der Waals surface area contributed by atoms with E-state index in [1.807, 2.05) is 6.92 Å². The summed E-state index contributed by atoms with van der Waals surface area (Å²) in [6.45, 7) is 3.64. The van der Waals surface area contributed by atoms with E-state index in [2.05, 4.69) is 0 Å². The van der Waals surface area contributed by atoms with Crippen molar-refractivity contribution in [3.63, 3.8) is 0 Å². The van der Waals surface area contributed by atoms with Crippen molar-refractivity contribution < 1.29 is 31.4 Å². The molecule has 2 heterocycles. The fraction of sp³-hybridized carbons (Fsp3) is 0.231. The maximum Gasteiger partial charge on any atom is 0.313 e. The van der Waals surface area contributed by atoms with E-state index in [1.165, 1.54) is 18.2 Å². The largest absolute Gasteiger partial charge is 0.508 e. The third kappa shape index (κ3) is 4.02. The van der Waals surface area contributed by atoms with Crippen molar-refractivity contribution >= 4 is 32.1 Å². The van der Waals surface area contributed by atoms with Crippen molar-refractivity contribution in [1.82, 2.24) is 0 Å². The number of rotatable bonds is 5. The molecule has 0 saturated carbocycles. The summed E-state index contributed by atoms with van der Waals surface area (Å²) in [7, 11) is -5.76. The van der Waals surface area contributed by atoms with Crippen LogP contribution in [0.5, 0.6) is 17.2 Å². The summed E-state index contributed by atoms with van der Waals surface area (Å²) in [6.07, 6.45) is 0.108. The topological polar surface area (TPSA) is 101 Å². The molecule has 2 aliphatic rings. The van der Waals surface area contributed by atoms with Crippen LogP contribution in [-0.2, 0) is 20.9 Å². The normalized spacial score (nSPS) is 23.6. The van der Waals surface area contributed by atoms with Crippen LogP contribution in [0, 0.1) is 19.7 Å². The minimum absolute atomic E-state index is 0.0131. The summed E-state index contributed by atoms with van der Waals surface area (Å²) in [6, 6.07) is 14.4. The summed E-state index contributed by atoms with van der Waals surface area (Å²) in [5.74, 6) is -0.354. The zero-order valence-electron chi connectivity index (χ0n) is 18.9. The summed E-state index contributed by atoms with van der Waals surface area (Å²) in [5, 5.41) is 17.4. The van der Waals surface area contributed by atoms with Crippen LogP contribution in [-0.4, -0.2) is 38.6 Å². The standard InChI is InChI=1S/C26H23FO6S2/c1-14-11-17(28)5-9-20(14)24-22-13-23(35(31,32)33-19-7-3-16(27)4-8-19)26(34(22)30)25(24)21-10-6-18(29)12-15(21)2/h3-12,22-23,26,28-29H,13H2,1-2H3/t22-,23-,26+,34?/m0/s1. The number of phenols is 2. The van der Waals surface area contributed by atoms with Gasteiger partial charge in [-0.15, -0.1) is 0 Å². The van der Waals surface area contributed by atoms with E-state index in [4.69, 9.17) is 4.18 Å². The van der Waals surface area contributed by atoms with Crippen molar-refractivity contribution in [2.45, 2.75) is 36.0 Å². The Morgan fingerprint density at radius 2 is 1.43 bits per heavy atom. The lowest BCUT2D eigenvalue weighted by molar-refractivity contribution is 0.468. The lowest BCUT2D eigenvalue weighted by Crippen LogP contribution is -2.36. The molecule has 0 radical (unpaired) electrons. The van der Waals surface area contributed by atoms with Crippen LogP contribution in [0.2, 0.25) is 0 Å². The second-order valence-corrected chi connectivity index (χ2v) is 12.4. The molecule has 1 saturated heterocycles. The maximum absolute atomic E-state index is 13.6. The van der Waals surface area contributed by atoms with Crippen molar-refractivity contribution in [2.75, 3.05) is 0 Å². The Kier molecular flexibility index (Phi) is 5.72. The zero-order chi connectivity index (χ0) is 25.1. The van der Waals surface area contributed by atoms with Gasteiger partial charge in [-0.2, -0.15) is 8.42 Å². The fourth-order valence-electron chi connectivity index (χ4n) is 5.09. The number of halogens is 1. The van der Waals surface area contributed by atoms with Gasteiger partial charge in [0.05, 0.1) is 10.5 Å². The van der Waals surface area contributed by atoms with E-state index in [-0.39, 0.29) is 23.7 Å². The second kappa shape index (κ2) is 8.49. The third-order valence-electron chi connectivity index (χ3n) is 6.61. The zero-order valence-corrected chi connectivity index (χ0v) is 20.6. The van der Waals surface area contributed by atoms with Gasteiger partial charge < -0.3 is 14.4 Å². The lowest BCUT2D eigenvalue weighted by Gasteiger charge is -2.27. The first-order valence-electron chi connectivity index (χ1n) is 11.0. The SMILES string of the molecule is Cc1cc(O)ccc1C1=C(c2ccc(O)cc2C)[C@H]2[C@@H](S(=O)(=O)Oc3ccc(F)cc3)C[C@@H]1S2=O. The van der Waals surface area contributed by atoms with Crippen LogP contribution < -0.4 is 4.18 Å². The van der Waals surface area contributed by atoms with Gasteiger partial charge in [-0.05, 0) is 102 Å². The molecule has 6 nitrogen and oxygen atoms in total. The predicted molar refractivity (Wildman–Crippen MR) is 133 cm³/mol. The number of benzene rings is 3. The van der Waals surface area contributed by atoms with Crippen molar-refractivity contribution in [1.29, 1.82) is 0 Å².